The van der Waals surface area contributed by atoms with Crippen molar-refractivity contribution in [2.75, 3.05) is 12.8 Å². The van der Waals surface area contributed by atoms with E-state index in [0.717, 1.165) is 0 Å². The third kappa shape index (κ3) is 3.51. The SMILES string of the molecule is CCOP(=S)(CC)Oc1cccc([N+](=O)[O-])c1C. The maximum Gasteiger partial charge on any atom is 0.276 e. The van der Waals surface area contributed by atoms with Gasteiger partial charge < -0.3 is 9.05 Å². The first-order valence-electron chi connectivity index (χ1n) is 5.60. The van der Waals surface area contributed by atoms with Crippen LogP contribution in [0.5, 0.6) is 5.75 Å². The fraction of sp³-hybridized carbons (Fsp3) is 0.455. The van der Waals surface area contributed by atoms with E-state index in [4.69, 9.17) is 20.9 Å². The molecular weight excluding hydrogens is 273 g/mol. The van der Waals surface area contributed by atoms with Crippen molar-refractivity contribution >= 4 is 24.0 Å². The molecule has 1 aromatic rings. The Morgan fingerprint density at radius 2 is 2.11 bits per heavy atom. The van der Waals surface area contributed by atoms with Crippen molar-refractivity contribution in [3.63, 3.8) is 0 Å². The van der Waals surface area contributed by atoms with Crippen LogP contribution in [0.3, 0.4) is 0 Å². The lowest BCUT2D eigenvalue weighted by atomic mass is 10.2. The summed E-state index contributed by atoms with van der Waals surface area (Å²) in [5, 5.41) is 10.8. The molecule has 0 fully saturated rings. The second-order valence-electron chi connectivity index (χ2n) is 3.59. The van der Waals surface area contributed by atoms with Crippen LogP contribution in [0.15, 0.2) is 18.2 Å². The topological polar surface area (TPSA) is 61.6 Å². The molecule has 1 atom stereocenters. The second kappa shape index (κ2) is 6.27. The van der Waals surface area contributed by atoms with Crippen molar-refractivity contribution in [2.24, 2.45) is 0 Å². The van der Waals surface area contributed by atoms with Crippen LogP contribution >= 0.6 is 6.49 Å². The summed E-state index contributed by atoms with van der Waals surface area (Å²) in [7, 11) is 0. The van der Waals surface area contributed by atoms with Gasteiger partial charge in [0.05, 0.1) is 17.1 Å². The molecule has 0 bridgehead atoms. The molecule has 0 aliphatic rings. The highest BCUT2D eigenvalue weighted by atomic mass is 32.5. The number of rotatable bonds is 6. The number of benzene rings is 1. The molecule has 0 heterocycles. The smallest absolute Gasteiger partial charge is 0.276 e. The Morgan fingerprint density at radius 1 is 1.44 bits per heavy atom. The van der Waals surface area contributed by atoms with Crippen molar-refractivity contribution < 1.29 is 14.0 Å². The molecule has 1 aromatic carbocycles. The molecule has 0 spiro atoms. The molecule has 18 heavy (non-hydrogen) atoms. The molecule has 5 nitrogen and oxygen atoms in total. The molecule has 1 unspecified atom stereocenters. The summed E-state index contributed by atoms with van der Waals surface area (Å²) in [4.78, 5) is 10.4. The van der Waals surface area contributed by atoms with Gasteiger partial charge in [-0.1, -0.05) is 13.0 Å². The number of nitrogens with zero attached hydrogens (tertiary/aromatic N) is 1. The van der Waals surface area contributed by atoms with Crippen molar-refractivity contribution in [1.29, 1.82) is 0 Å². The van der Waals surface area contributed by atoms with Gasteiger partial charge in [0.2, 0.25) is 6.49 Å². The zero-order valence-electron chi connectivity index (χ0n) is 10.6. The van der Waals surface area contributed by atoms with Crippen LogP contribution in [0, 0.1) is 17.0 Å². The first kappa shape index (κ1) is 15.1. The minimum atomic E-state index is -2.39. The third-order valence-electron chi connectivity index (χ3n) is 2.40. The molecule has 0 radical (unpaired) electrons. The minimum Gasteiger partial charge on any atom is -0.443 e. The summed E-state index contributed by atoms with van der Waals surface area (Å²) in [5.74, 6) is 0.433. The number of hydrogen-bond donors (Lipinski definition) is 0. The number of hydrogen-bond acceptors (Lipinski definition) is 5. The number of nitro groups is 1. The molecule has 0 saturated heterocycles. The lowest BCUT2D eigenvalue weighted by Crippen LogP contribution is -2.02. The summed E-state index contributed by atoms with van der Waals surface area (Å²) in [6.45, 7) is 3.47. The largest absolute Gasteiger partial charge is 0.443 e. The summed E-state index contributed by atoms with van der Waals surface area (Å²) in [5.41, 5.74) is 0.506. The van der Waals surface area contributed by atoms with Crippen molar-refractivity contribution in [1.82, 2.24) is 0 Å². The molecule has 0 aromatic heterocycles. The Labute approximate surface area is 111 Å². The summed E-state index contributed by atoms with van der Waals surface area (Å²) in [6, 6.07) is 4.71. The first-order chi connectivity index (χ1) is 8.43. The Bertz CT molecular complexity index is 492. The van der Waals surface area contributed by atoms with Crippen LogP contribution in [0.2, 0.25) is 0 Å². The molecule has 7 heteroatoms. The summed E-state index contributed by atoms with van der Waals surface area (Å²) >= 11 is 5.35. The zero-order valence-corrected chi connectivity index (χ0v) is 12.3. The predicted molar refractivity (Wildman–Crippen MR) is 74.9 cm³/mol. The van der Waals surface area contributed by atoms with Crippen molar-refractivity contribution in [3.05, 3.63) is 33.9 Å². The van der Waals surface area contributed by atoms with Gasteiger partial charge in [-0.25, -0.2) is 0 Å². The maximum atomic E-state index is 10.8. The lowest BCUT2D eigenvalue weighted by Gasteiger charge is -2.21. The van der Waals surface area contributed by atoms with E-state index in [1.807, 2.05) is 13.8 Å². The number of nitro benzene ring substituents is 1. The fourth-order valence-electron chi connectivity index (χ4n) is 1.43. The average molecular weight is 289 g/mol. The van der Waals surface area contributed by atoms with Gasteiger partial charge in [-0.05, 0) is 31.7 Å². The molecule has 1 rings (SSSR count). The molecule has 0 aliphatic heterocycles. The van der Waals surface area contributed by atoms with Gasteiger partial charge in [-0.15, -0.1) is 0 Å². The van der Waals surface area contributed by atoms with Gasteiger partial charge in [0.15, 0.2) is 0 Å². The van der Waals surface area contributed by atoms with Gasteiger partial charge in [-0.3, -0.25) is 10.1 Å². The molecule has 0 saturated carbocycles. The highest BCUT2D eigenvalue weighted by Crippen LogP contribution is 2.49. The Kier molecular flexibility index (Phi) is 5.26. The van der Waals surface area contributed by atoms with Crippen LogP contribution in [0.1, 0.15) is 19.4 Å². The van der Waals surface area contributed by atoms with Crippen LogP contribution in [-0.2, 0) is 16.3 Å². The average Bonchev–Trinajstić information content (AvgIpc) is 2.32. The second-order valence-corrected chi connectivity index (χ2v) is 7.56. The third-order valence-corrected chi connectivity index (χ3v) is 5.62. The Morgan fingerprint density at radius 3 is 2.61 bits per heavy atom. The van der Waals surface area contributed by atoms with Crippen LogP contribution in [0.4, 0.5) is 5.69 Å². The zero-order chi connectivity index (χ0) is 13.8. The van der Waals surface area contributed by atoms with Gasteiger partial charge in [0.1, 0.15) is 5.75 Å². The molecule has 100 valence electrons. The van der Waals surface area contributed by atoms with Crippen LogP contribution in [0.25, 0.3) is 0 Å². The highest BCUT2D eigenvalue weighted by molar-refractivity contribution is 8.10. The lowest BCUT2D eigenvalue weighted by molar-refractivity contribution is -0.385. The molecular formula is C11H16NO4PS. The van der Waals surface area contributed by atoms with Crippen LogP contribution in [-0.4, -0.2) is 17.7 Å². The van der Waals surface area contributed by atoms with Gasteiger partial charge in [0, 0.05) is 12.2 Å². The maximum absolute atomic E-state index is 10.8. The van der Waals surface area contributed by atoms with E-state index in [-0.39, 0.29) is 5.69 Å². The highest BCUT2D eigenvalue weighted by Gasteiger charge is 2.21. The molecule has 0 aliphatic carbocycles. The minimum absolute atomic E-state index is 0.0293. The predicted octanol–water partition coefficient (Wildman–Crippen LogP) is 3.65. The Hall–Kier alpha value is -0.970. The van der Waals surface area contributed by atoms with E-state index in [0.29, 0.717) is 24.1 Å². The summed E-state index contributed by atoms with van der Waals surface area (Å²) < 4.78 is 11.2. The van der Waals surface area contributed by atoms with E-state index < -0.39 is 11.4 Å². The fourth-order valence-corrected chi connectivity index (χ4v) is 3.24. The quantitative estimate of drug-likeness (QED) is 0.454. The van der Waals surface area contributed by atoms with Crippen molar-refractivity contribution in [2.45, 2.75) is 20.8 Å². The Balaban J connectivity index is 3.08. The summed E-state index contributed by atoms with van der Waals surface area (Å²) in [6.07, 6.45) is 0.582. The van der Waals surface area contributed by atoms with E-state index in [1.54, 1.807) is 19.1 Å². The van der Waals surface area contributed by atoms with E-state index in [9.17, 15) is 10.1 Å². The van der Waals surface area contributed by atoms with Crippen LogP contribution < -0.4 is 4.52 Å². The standard InChI is InChI=1S/C11H16NO4PS/c1-4-15-17(18,5-2)16-11-8-6-7-10(9(11)3)12(13)14/h6-8H,4-5H2,1-3H3. The van der Waals surface area contributed by atoms with E-state index >= 15 is 0 Å². The normalized spacial score (nSPS) is 13.9. The van der Waals surface area contributed by atoms with Gasteiger partial charge in [0.25, 0.3) is 5.69 Å². The monoisotopic (exact) mass is 289 g/mol. The van der Waals surface area contributed by atoms with E-state index in [2.05, 4.69) is 0 Å². The van der Waals surface area contributed by atoms with Gasteiger partial charge in [-0.2, -0.15) is 0 Å². The van der Waals surface area contributed by atoms with Crippen molar-refractivity contribution in [3.8, 4) is 5.75 Å². The van der Waals surface area contributed by atoms with Gasteiger partial charge >= 0.3 is 0 Å². The molecule has 0 N–H and O–H groups in total. The molecule has 0 amide bonds. The van der Waals surface area contributed by atoms with E-state index in [1.165, 1.54) is 6.07 Å². The first-order valence-corrected chi connectivity index (χ1v) is 8.43.